The van der Waals surface area contributed by atoms with E-state index in [0.717, 1.165) is 29.5 Å². The Morgan fingerprint density at radius 2 is 2.31 bits per heavy atom. The third kappa shape index (κ3) is 1.83. The number of carbonyl (C=O) groups is 1. The highest BCUT2D eigenvalue weighted by Gasteiger charge is 2.22. The van der Waals surface area contributed by atoms with Gasteiger partial charge < -0.3 is 4.84 Å². The topological polar surface area (TPSA) is 38.7 Å². The maximum Gasteiger partial charge on any atom is 0.151 e. The van der Waals surface area contributed by atoms with Crippen LogP contribution in [0.4, 0.5) is 0 Å². The van der Waals surface area contributed by atoms with Gasteiger partial charge in [0.15, 0.2) is 6.29 Å². The molecule has 1 heterocycles. The van der Waals surface area contributed by atoms with Gasteiger partial charge in [-0.15, -0.1) is 0 Å². The highest BCUT2D eigenvalue weighted by Crippen LogP contribution is 2.28. The van der Waals surface area contributed by atoms with Gasteiger partial charge in [-0.25, -0.2) is 0 Å². The van der Waals surface area contributed by atoms with Crippen LogP contribution in [-0.2, 0) is 4.84 Å². The molecule has 1 aromatic carbocycles. The van der Waals surface area contributed by atoms with Crippen LogP contribution in [0.25, 0.3) is 0 Å². The smallest absolute Gasteiger partial charge is 0.151 e. The number of benzene rings is 1. The van der Waals surface area contributed by atoms with Crippen molar-refractivity contribution in [3.05, 3.63) is 33.8 Å². The van der Waals surface area contributed by atoms with Crippen molar-refractivity contribution in [3.63, 3.8) is 0 Å². The number of rotatable bonds is 2. The van der Waals surface area contributed by atoms with Gasteiger partial charge in [-0.05, 0) is 25.5 Å². The Bertz CT molecular complexity index is 468. The van der Waals surface area contributed by atoms with E-state index in [1.807, 2.05) is 19.9 Å². The second-order valence-electron chi connectivity index (χ2n) is 3.94. The van der Waals surface area contributed by atoms with E-state index in [-0.39, 0.29) is 6.10 Å². The van der Waals surface area contributed by atoms with Crippen LogP contribution < -0.4 is 0 Å². The van der Waals surface area contributed by atoms with E-state index >= 15 is 0 Å². The van der Waals surface area contributed by atoms with Gasteiger partial charge in [0, 0.05) is 17.5 Å². The minimum Gasteiger partial charge on any atom is -0.392 e. The van der Waals surface area contributed by atoms with Gasteiger partial charge in [-0.2, -0.15) is 0 Å². The minimum absolute atomic E-state index is 0.0744. The molecule has 0 fully saturated rings. The molecule has 4 heteroatoms. The highest BCUT2D eigenvalue weighted by molar-refractivity contribution is 6.36. The quantitative estimate of drug-likeness (QED) is 0.742. The number of carbonyl (C=O) groups excluding carboxylic acids is 1. The molecule has 0 spiro atoms. The predicted octanol–water partition coefficient (Wildman–Crippen LogP) is 2.97. The lowest BCUT2D eigenvalue weighted by Crippen LogP contribution is -2.06. The lowest BCUT2D eigenvalue weighted by atomic mass is 9.98. The van der Waals surface area contributed by atoms with Crippen LogP contribution in [0.1, 0.15) is 34.8 Å². The Labute approximate surface area is 99.0 Å². The molecule has 1 atom stereocenters. The van der Waals surface area contributed by atoms with Crippen LogP contribution in [0, 0.1) is 6.92 Å². The molecule has 1 aliphatic heterocycles. The molecule has 0 bridgehead atoms. The zero-order valence-electron chi connectivity index (χ0n) is 9.16. The Kier molecular flexibility index (Phi) is 2.97. The first-order chi connectivity index (χ1) is 7.63. The van der Waals surface area contributed by atoms with Gasteiger partial charge in [0.1, 0.15) is 6.10 Å². The molecule has 3 nitrogen and oxygen atoms in total. The fourth-order valence-corrected chi connectivity index (χ4v) is 2.15. The first-order valence-electron chi connectivity index (χ1n) is 5.11. The molecular formula is C12H12ClNO2. The summed E-state index contributed by atoms with van der Waals surface area (Å²) in [6.07, 6.45) is 1.55. The number of halogens is 1. The largest absolute Gasteiger partial charge is 0.392 e. The summed E-state index contributed by atoms with van der Waals surface area (Å²) >= 11 is 6.17. The van der Waals surface area contributed by atoms with Gasteiger partial charge in [0.25, 0.3) is 0 Å². The normalized spacial score (nSPS) is 19.2. The Morgan fingerprint density at radius 3 is 2.88 bits per heavy atom. The van der Waals surface area contributed by atoms with Gasteiger partial charge in [0.05, 0.1) is 10.7 Å². The number of aryl methyl sites for hydroxylation is 1. The van der Waals surface area contributed by atoms with E-state index in [4.69, 9.17) is 16.4 Å². The molecule has 0 aliphatic carbocycles. The van der Waals surface area contributed by atoms with Crippen molar-refractivity contribution in [2.75, 3.05) is 0 Å². The molecule has 0 saturated heterocycles. The first kappa shape index (κ1) is 11.1. The molecule has 0 saturated carbocycles. The summed E-state index contributed by atoms with van der Waals surface area (Å²) in [6.45, 7) is 3.89. The minimum atomic E-state index is 0.0744. The lowest BCUT2D eigenvalue weighted by molar-refractivity contribution is 0.0995. The van der Waals surface area contributed by atoms with Gasteiger partial charge in [0.2, 0.25) is 0 Å². The molecule has 0 N–H and O–H groups in total. The first-order valence-corrected chi connectivity index (χ1v) is 5.48. The second kappa shape index (κ2) is 4.26. The van der Waals surface area contributed by atoms with Crippen molar-refractivity contribution in [2.24, 2.45) is 5.16 Å². The Morgan fingerprint density at radius 1 is 1.56 bits per heavy atom. The number of hydrogen-bond acceptors (Lipinski definition) is 3. The van der Waals surface area contributed by atoms with Crippen LogP contribution in [0.3, 0.4) is 0 Å². The maximum absolute atomic E-state index is 10.8. The molecule has 84 valence electrons. The van der Waals surface area contributed by atoms with Gasteiger partial charge in [-0.3, -0.25) is 4.79 Å². The predicted molar refractivity (Wildman–Crippen MR) is 63.3 cm³/mol. The third-order valence-electron chi connectivity index (χ3n) is 2.62. The summed E-state index contributed by atoms with van der Waals surface area (Å²) in [5, 5.41) is 4.46. The van der Waals surface area contributed by atoms with Crippen molar-refractivity contribution < 1.29 is 9.63 Å². The van der Waals surface area contributed by atoms with Crippen molar-refractivity contribution in [2.45, 2.75) is 26.4 Å². The van der Waals surface area contributed by atoms with Gasteiger partial charge >= 0.3 is 0 Å². The lowest BCUT2D eigenvalue weighted by Gasteiger charge is -2.08. The van der Waals surface area contributed by atoms with E-state index in [1.165, 1.54) is 0 Å². The summed E-state index contributed by atoms with van der Waals surface area (Å²) in [7, 11) is 0. The molecule has 0 radical (unpaired) electrons. The van der Waals surface area contributed by atoms with E-state index < -0.39 is 0 Å². The number of aldehydes is 1. The van der Waals surface area contributed by atoms with Crippen molar-refractivity contribution >= 4 is 23.6 Å². The second-order valence-corrected chi connectivity index (χ2v) is 4.31. The zero-order chi connectivity index (χ0) is 11.7. The summed E-state index contributed by atoms with van der Waals surface area (Å²) in [4.78, 5) is 16.0. The summed E-state index contributed by atoms with van der Waals surface area (Å²) in [5.74, 6) is 0. The molecule has 0 aromatic heterocycles. The molecule has 0 amide bonds. The average Bonchev–Trinajstić information content (AvgIpc) is 2.65. The zero-order valence-corrected chi connectivity index (χ0v) is 9.91. The number of oxime groups is 1. The summed E-state index contributed by atoms with van der Waals surface area (Å²) in [5.41, 5.74) is 3.14. The van der Waals surface area contributed by atoms with Crippen LogP contribution in [-0.4, -0.2) is 18.1 Å². The van der Waals surface area contributed by atoms with Gasteiger partial charge in [-0.1, -0.05) is 22.8 Å². The van der Waals surface area contributed by atoms with Crippen LogP contribution in [0.5, 0.6) is 0 Å². The molecule has 1 aliphatic rings. The van der Waals surface area contributed by atoms with E-state index in [2.05, 4.69) is 5.16 Å². The van der Waals surface area contributed by atoms with Crippen molar-refractivity contribution in [1.29, 1.82) is 0 Å². The Balaban J connectivity index is 2.51. The Hall–Kier alpha value is -1.35. The van der Waals surface area contributed by atoms with Crippen molar-refractivity contribution in [3.8, 4) is 0 Å². The molecule has 1 unspecified atom stereocenters. The standard InChI is InChI=1S/C12H12ClNO2/c1-7-3-4-9(6-15)12(13)11(7)10-5-8(2)16-14-10/h3-4,6,8H,5H2,1-2H3. The monoisotopic (exact) mass is 237 g/mol. The summed E-state index contributed by atoms with van der Waals surface area (Å²) < 4.78 is 0. The molecular weight excluding hydrogens is 226 g/mol. The van der Waals surface area contributed by atoms with E-state index in [0.29, 0.717) is 10.6 Å². The van der Waals surface area contributed by atoms with Crippen LogP contribution >= 0.6 is 11.6 Å². The van der Waals surface area contributed by atoms with E-state index in [9.17, 15) is 4.79 Å². The fourth-order valence-electron chi connectivity index (χ4n) is 1.78. The highest BCUT2D eigenvalue weighted by atomic mass is 35.5. The SMILES string of the molecule is Cc1ccc(C=O)c(Cl)c1C1=NOC(C)C1. The molecule has 16 heavy (non-hydrogen) atoms. The number of nitrogens with zero attached hydrogens (tertiary/aromatic N) is 1. The summed E-state index contributed by atoms with van der Waals surface area (Å²) in [6, 6.07) is 3.59. The van der Waals surface area contributed by atoms with E-state index in [1.54, 1.807) is 6.07 Å². The average molecular weight is 238 g/mol. The number of hydrogen-bond donors (Lipinski definition) is 0. The van der Waals surface area contributed by atoms with Crippen molar-refractivity contribution in [1.82, 2.24) is 0 Å². The molecule has 1 aromatic rings. The maximum atomic E-state index is 10.8. The van der Waals surface area contributed by atoms with Crippen LogP contribution in [0.15, 0.2) is 17.3 Å². The molecule has 2 rings (SSSR count). The van der Waals surface area contributed by atoms with Crippen LogP contribution in [0.2, 0.25) is 5.02 Å². The third-order valence-corrected chi connectivity index (χ3v) is 3.03. The fraction of sp³-hybridized carbons (Fsp3) is 0.333.